The zero-order valence-corrected chi connectivity index (χ0v) is 10.6. The van der Waals surface area contributed by atoms with Crippen molar-refractivity contribution < 1.29 is 4.79 Å². The molecular formula is C13H19N3O. The molecule has 0 aromatic carbocycles. The highest BCUT2D eigenvalue weighted by Crippen LogP contribution is 2.39. The summed E-state index contributed by atoms with van der Waals surface area (Å²) in [6, 6.07) is 0.304. The Morgan fingerprint density at radius 2 is 2.06 bits per heavy atom. The molecule has 4 nitrogen and oxygen atoms in total. The van der Waals surface area contributed by atoms with Crippen LogP contribution in [-0.2, 0) is 4.79 Å². The molecule has 2 aliphatic carbocycles. The molecule has 3 unspecified atom stereocenters. The van der Waals surface area contributed by atoms with E-state index < -0.39 is 0 Å². The molecule has 0 saturated heterocycles. The summed E-state index contributed by atoms with van der Waals surface area (Å²) < 4.78 is 0. The number of hydrogen-bond donors (Lipinski definition) is 1. The number of hydrogen-bond acceptors (Lipinski definition) is 3. The number of allylic oxidation sites excluding steroid dienone is 2. The van der Waals surface area contributed by atoms with Crippen LogP contribution in [0.2, 0.25) is 0 Å². The Kier molecular flexibility index (Phi) is 3.41. The minimum absolute atomic E-state index is 0.0131. The van der Waals surface area contributed by atoms with Gasteiger partial charge in [-0.25, -0.2) is 0 Å². The fourth-order valence-corrected chi connectivity index (χ4v) is 2.61. The molecule has 2 aliphatic rings. The van der Waals surface area contributed by atoms with E-state index in [-0.39, 0.29) is 5.91 Å². The van der Waals surface area contributed by atoms with Crippen molar-refractivity contribution >= 4 is 5.91 Å². The Bertz CT molecular complexity index is 409. The Hall–Kier alpha value is -1.45. The number of azo groups is 1. The molecule has 3 atom stereocenters. The van der Waals surface area contributed by atoms with Gasteiger partial charge >= 0.3 is 0 Å². The molecular weight excluding hydrogens is 214 g/mol. The molecule has 17 heavy (non-hydrogen) atoms. The third-order valence-electron chi connectivity index (χ3n) is 3.73. The largest absolute Gasteiger partial charge is 0.349 e. The van der Waals surface area contributed by atoms with Gasteiger partial charge in [0.05, 0.1) is 5.70 Å². The van der Waals surface area contributed by atoms with Crippen molar-refractivity contribution in [3.63, 3.8) is 0 Å². The lowest BCUT2D eigenvalue weighted by atomic mass is 10.0. The van der Waals surface area contributed by atoms with Gasteiger partial charge < -0.3 is 5.32 Å². The molecule has 0 radical (unpaired) electrons. The second-order valence-electron chi connectivity index (χ2n) is 4.87. The maximum atomic E-state index is 12.0. The topological polar surface area (TPSA) is 53.8 Å². The Balaban J connectivity index is 1.98. The van der Waals surface area contributed by atoms with Crippen molar-refractivity contribution in [1.29, 1.82) is 0 Å². The molecule has 2 bridgehead atoms. The fraction of sp³-hybridized carbons (Fsp3) is 0.615. The number of rotatable bonds is 3. The first-order valence-corrected chi connectivity index (χ1v) is 6.08. The molecule has 1 amide bonds. The van der Waals surface area contributed by atoms with Gasteiger partial charge in [0.2, 0.25) is 5.91 Å². The van der Waals surface area contributed by atoms with Crippen LogP contribution in [0.4, 0.5) is 0 Å². The molecule has 0 heterocycles. The second kappa shape index (κ2) is 4.82. The lowest BCUT2D eigenvalue weighted by Gasteiger charge is -2.20. The van der Waals surface area contributed by atoms with Gasteiger partial charge in [0.15, 0.2) is 0 Å². The van der Waals surface area contributed by atoms with Crippen LogP contribution in [0.5, 0.6) is 0 Å². The first kappa shape index (κ1) is 12.0. The second-order valence-corrected chi connectivity index (χ2v) is 4.87. The molecule has 2 rings (SSSR count). The lowest BCUT2D eigenvalue weighted by Crippen LogP contribution is -2.38. The maximum Gasteiger partial charge on any atom is 0.249 e. The van der Waals surface area contributed by atoms with Gasteiger partial charge in [-0.05, 0) is 38.5 Å². The molecule has 0 spiro atoms. The van der Waals surface area contributed by atoms with Gasteiger partial charge in [0, 0.05) is 18.7 Å². The molecule has 1 N–H and O–H groups in total. The van der Waals surface area contributed by atoms with Crippen molar-refractivity contribution in [1.82, 2.24) is 5.32 Å². The third-order valence-corrected chi connectivity index (χ3v) is 3.73. The van der Waals surface area contributed by atoms with Crippen LogP contribution in [-0.4, -0.2) is 19.0 Å². The monoisotopic (exact) mass is 233 g/mol. The number of amides is 1. The maximum absolute atomic E-state index is 12.0. The summed E-state index contributed by atoms with van der Waals surface area (Å²) in [6.45, 7) is 3.60. The first-order valence-electron chi connectivity index (χ1n) is 6.08. The van der Waals surface area contributed by atoms with E-state index in [0.717, 1.165) is 6.42 Å². The standard InChI is InChI=1S/C13H19N3O/c1-8(9(2)16-14-3)13(17)15-12-7-10-4-5-11(12)6-10/h4-5,10-12H,6-7H2,1-3H3,(H,15,17)/b9-8-,16-14-. The molecule has 0 aromatic rings. The zero-order valence-electron chi connectivity index (χ0n) is 10.6. The number of carbonyl (C=O) groups is 1. The van der Waals surface area contributed by atoms with Gasteiger partial charge in [-0.15, -0.1) is 0 Å². The number of fused-ring (bicyclic) bond motifs is 2. The van der Waals surface area contributed by atoms with E-state index >= 15 is 0 Å². The van der Waals surface area contributed by atoms with E-state index in [1.807, 2.05) is 6.92 Å². The molecule has 1 fully saturated rings. The molecule has 1 saturated carbocycles. The van der Waals surface area contributed by atoms with Gasteiger partial charge in [0.1, 0.15) is 0 Å². The van der Waals surface area contributed by atoms with Crippen LogP contribution >= 0.6 is 0 Å². The van der Waals surface area contributed by atoms with Crippen molar-refractivity contribution in [3.05, 3.63) is 23.4 Å². The van der Waals surface area contributed by atoms with Crippen LogP contribution in [0.25, 0.3) is 0 Å². The third kappa shape index (κ3) is 2.46. The summed E-state index contributed by atoms with van der Waals surface area (Å²) in [7, 11) is 1.61. The van der Waals surface area contributed by atoms with E-state index in [2.05, 4.69) is 27.7 Å². The van der Waals surface area contributed by atoms with Gasteiger partial charge in [0.25, 0.3) is 0 Å². The van der Waals surface area contributed by atoms with E-state index in [4.69, 9.17) is 0 Å². The Labute approximate surface area is 102 Å². The lowest BCUT2D eigenvalue weighted by molar-refractivity contribution is -0.118. The van der Waals surface area contributed by atoms with E-state index in [1.54, 1.807) is 14.0 Å². The average molecular weight is 233 g/mol. The summed E-state index contributed by atoms with van der Waals surface area (Å²) in [5, 5.41) is 10.7. The predicted molar refractivity (Wildman–Crippen MR) is 66.4 cm³/mol. The quantitative estimate of drug-likeness (QED) is 0.454. The van der Waals surface area contributed by atoms with Gasteiger partial charge in [-0.3, -0.25) is 4.79 Å². The Morgan fingerprint density at radius 3 is 2.59 bits per heavy atom. The molecule has 92 valence electrons. The predicted octanol–water partition coefficient (Wildman–Crippen LogP) is 2.44. The molecule has 0 aromatic heterocycles. The van der Waals surface area contributed by atoms with E-state index in [1.165, 1.54) is 6.42 Å². The van der Waals surface area contributed by atoms with Crippen LogP contribution < -0.4 is 5.32 Å². The van der Waals surface area contributed by atoms with Crippen LogP contribution in [0, 0.1) is 11.8 Å². The highest BCUT2D eigenvalue weighted by molar-refractivity contribution is 5.93. The zero-order chi connectivity index (χ0) is 12.4. The molecule has 0 aliphatic heterocycles. The minimum atomic E-state index is -0.0131. The molecule has 4 heteroatoms. The highest BCUT2D eigenvalue weighted by Gasteiger charge is 2.36. The van der Waals surface area contributed by atoms with Crippen LogP contribution in [0.15, 0.2) is 33.7 Å². The smallest absolute Gasteiger partial charge is 0.249 e. The average Bonchev–Trinajstić information content (AvgIpc) is 2.90. The van der Waals surface area contributed by atoms with E-state index in [0.29, 0.717) is 29.1 Å². The van der Waals surface area contributed by atoms with Crippen molar-refractivity contribution in [3.8, 4) is 0 Å². The van der Waals surface area contributed by atoms with Crippen LogP contribution in [0.1, 0.15) is 26.7 Å². The van der Waals surface area contributed by atoms with Crippen molar-refractivity contribution in [2.75, 3.05) is 7.05 Å². The highest BCUT2D eigenvalue weighted by atomic mass is 16.1. The summed E-state index contributed by atoms with van der Waals surface area (Å²) in [4.78, 5) is 12.0. The Morgan fingerprint density at radius 1 is 1.29 bits per heavy atom. The minimum Gasteiger partial charge on any atom is -0.349 e. The van der Waals surface area contributed by atoms with Crippen LogP contribution in [0.3, 0.4) is 0 Å². The summed E-state index contributed by atoms with van der Waals surface area (Å²) in [6.07, 6.45) is 6.78. The SMILES string of the molecule is C/N=N\C(C)=C(\C)C(=O)NC1CC2C=CC1C2. The van der Waals surface area contributed by atoms with Gasteiger partial charge in [-0.2, -0.15) is 10.2 Å². The number of nitrogens with zero attached hydrogens (tertiary/aromatic N) is 2. The fourth-order valence-electron chi connectivity index (χ4n) is 2.61. The van der Waals surface area contributed by atoms with Gasteiger partial charge in [-0.1, -0.05) is 12.2 Å². The van der Waals surface area contributed by atoms with Crippen molar-refractivity contribution in [2.45, 2.75) is 32.7 Å². The summed E-state index contributed by atoms with van der Waals surface area (Å²) in [5.74, 6) is 1.19. The van der Waals surface area contributed by atoms with Crippen molar-refractivity contribution in [2.24, 2.45) is 22.1 Å². The number of carbonyl (C=O) groups excluding carboxylic acids is 1. The summed E-state index contributed by atoms with van der Waals surface area (Å²) in [5.41, 5.74) is 1.34. The first-order chi connectivity index (χ1) is 8.11. The number of nitrogens with one attached hydrogen (secondary N) is 1. The normalized spacial score (nSPS) is 32.1. The summed E-state index contributed by atoms with van der Waals surface area (Å²) >= 11 is 0. The van der Waals surface area contributed by atoms with E-state index in [9.17, 15) is 4.79 Å².